The zero-order valence-corrected chi connectivity index (χ0v) is 14.6. The first-order chi connectivity index (χ1) is 12.0. The number of amides is 1. The van der Waals surface area contributed by atoms with Gasteiger partial charge >= 0.3 is 0 Å². The molecule has 1 aromatic carbocycles. The van der Waals surface area contributed by atoms with Crippen LogP contribution in [0.4, 0.5) is 15.9 Å². The summed E-state index contributed by atoms with van der Waals surface area (Å²) in [6.45, 7) is 6.81. The van der Waals surface area contributed by atoms with Gasteiger partial charge in [0.1, 0.15) is 11.6 Å². The van der Waals surface area contributed by atoms with Crippen LogP contribution in [0.15, 0.2) is 42.6 Å². The predicted octanol–water partition coefficient (Wildman–Crippen LogP) is 2.68. The molecular weight excluding hydrogens is 319 g/mol. The highest BCUT2D eigenvalue weighted by Crippen LogP contribution is 2.17. The van der Waals surface area contributed by atoms with Gasteiger partial charge in [-0.15, -0.1) is 0 Å². The van der Waals surface area contributed by atoms with Crippen LogP contribution in [0.25, 0.3) is 0 Å². The summed E-state index contributed by atoms with van der Waals surface area (Å²) in [6, 6.07) is 10.4. The molecule has 1 atom stereocenters. The molecule has 5 nitrogen and oxygen atoms in total. The number of hydrogen-bond acceptors (Lipinski definition) is 4. The lowest BCUT2D eigenvalue weighted by Gasteiger charge is -2.37. The minimum absolute atomic E-state index is 0.116. The molecule has 132 valence electrons. The number of carbonyl (C=O) groups excluding carboxylic acids is 1. The number of anilines is 2. The van der Waals surface area contributed by atoms with Crippen molar-refractivity contribution in [2.24, 2.45) is 0 Å². The summed E-state index contributed by atoms with van der Waals surface area (Å²) in [5, 5.41) is 2.80. The Morgan fingerprint density at radius 2 is 1.96 bits per heavy atom. The van der Waals surface area contributed by atoms with Gasteiger partial charge in [-0.1, -0.05) is 12.1 Å². The van der Waals surface area contributed by atoms with Gasteiger partial charge in [-0.25, -0.2) is 9.37 Å². The molecule has 3 rings (SSSR count). The SMILES string of the molecule is Cc1ccc(NC(=O)[C@H](C)N2CCN(c3ccccn3)CC2)cc1F. The summed E-state index contributed by atoms with van der Waals surface area (Å²) in [5.41, 5.74) is 1.06. The van der Waals surface area contributed by atoms with Crippen LogP contribution in [0.2, 0.25) is 0 Å². The molecule has 0 aliphatic carbocycles. The molecule has 0 saturated carbocycles. The standard InChI is InChI=1S/C19H23FN4O/c1-14-6-7-16(13-17(14)20)22-19(25)15(2)23-9-11-24(12-10-23)18-5-3-4-8-21-18/h3-8,13,15H,9-12H2,1-2H3,(H,22,25)/t15-/m0/s1. The number of hydrogen-bond donors (Lipinski definition) is 1. The van der Waals surface area contributed by atoms with E-state index in [1.807, 2.05) is 25.1 Å². The summed E-state index contributed by atoms with van der Waals surface area (Å²) in [6.07, 6.45) is 1.79. The van der Waals surface area contributed by atoms with Crippen LogP contribution >= 0.6 is 0 Å². The van der Waals surface area contributed by atoms with Crippen molar-refractivity contribution in [1.82, 2.24) is 9.88 Å². The van der Waals surface area contributed by atoms with E-state index in [4.69, 9.17) is 0 Å². The van der Waals surface area contributed by atoms with Crippen molar-refractivity contribution >= 4 is 17.4 Å². The highest BCUT2D eigenvalue weighted by atomic mass is 19.1. The van der Waals surface area contributed by atoms with E-state index in [-0.39, 0.29) is 17.8 Å². The largest absolute Gasteiger partial charge is 0.354 e. The Balaban J connectivity index is 1.55. The highest BCUT2D eigenvalue weighted by Gasteiger charge is 2.26. The van der Waals surface area contributed by atoms with Gasteiger partial charge in [0.05, 0.1) is 6.04 Å². The average molecular weight is 342 g/mol. The van der Waals surface area contributed by atoms with E-state index in [0.29, 0.717) is 11.3 Å². The molecule has 1 aliphatic heterocycles. The van der Waals surface area contributed by atoms with Gasteiger partial charge < -0.3 is 10.2 Å². The monoisotopic (exact) mass is 342 g/mol. The lowest BCUT2D eigenvalue weighted by molar-refractivity contribution is -0.120. The van der Waals surface area contributed by atoms with Gasteiger partial charge in [0.15, 0.2) is 0 Å². The number of piperazine rings is 1. The molecule has 0 unspecified atom stereocenters. The topological polar surface area (TPSA) is 48.5 Å². The van der Waals surface area contributed by atoms with Crippen LogP contribution in [0.3, 0.4) is 0 Å². The summed E-state index contributed by atoms with van der Waals surface area (Å²) in [4.78, 5) is 21.2. The van der Waals surface area contributed by atoms with Crippen molar-refractivity contribution in [3.05, 3.63) is 54.0 Å². The first-order valence-corrected chi connectivity index (χ1v) is 8.51. The van der Waals surface area contributed by atoms with Crippen molar-refractivity contribution in [1.29, 1.82) is 0 Å². The number of aromatic nitrogens is 1. The van der Waals surface area contributed by atoms with Crippen molar-refractivity contribution in [3.63, 3.8) is 0 Å². The van der Waals surface area contributed by atoms with Gasteiger partial charge in [0, 0.05) is 38.1 Å². The maximum atomic E-state index is 13.6. The van der Waals surface area contributed by atoms with E-state index in [0.717, 1.165) is 32.0 Å². The quantitative estimate of drug-likeness (QED) is 0.928. The van der Waals surface area contributed by atoms with Crippen LogP contribution in [0, 0.1) is 12.7 Å². The zero-order chi connectivity index (χ0) is 17.8. The van der Waals surface area contributed by atoms with Crippen LogP contribution in [-0.4, -0.2) is 48.0 Å². The second-order valence-electron chi connectivity index (χ2n) is 6.34. The third kappa shape index (κ3) is 4.14. The van der Waals surface area contributed by atoms with Crippen LogP contribution in [-0.2, 0) is 4.79 Å². The van der Waals surface area contributed by atoms with Gasteiger partial charge in [0.25, 0.3) is 0 Å². The molecule has 1 aliphatic rings. The average Bonchev–Trinajstić information content (AvgIpc) is 2.65. The van der Waals surface area contributed by atoms with Gasteiger partial charge in [0.2, 0.25) is 5.91 Å². The minimum Gasteiger partial charge on any atom is -0.354 e. The summed E-state index contributed by atoms with van der Waals surface area (Å²) in [5.74, 6) is 0.540. The second kappa shape index (κ2) is 7.61. The Hall–Kier alpha value is -2.47. The van der Waals surface area contributed by atoms with Crippen molar-refractivity contribution in [2.45, 2.75) is 19.9 Å². The minimum atomic E-state index is -0.311. The lowest BCUT2D eigenvalue weighted by Crippen LogP contribution is -2.53. The van der Waals surface area contributed by atoms with Crippen molar-refractivity contribution in [2.75, 3.05) is 36.4 Å². The zero-order valence-electron chi connectivity index (χ0n) is 14.6. The second-order valence-corrected chi connectivity index (χ2v) is 6.34. The number of carbonyl (C=O) groups is 1. The fraction of sp³-hybridized carbons (Fsp3) is 0.368. The van der Waals surface area contributed by atoms with Gasteiger partial charge in [-0.3, -0.25) is 9.69 Å². The summed E-state index contributed by atoms with van der Waals surface area (Å²) in [7, 11) is 0. The normalized spacial score (nSPS) is 16.5. The Labute approximate surface area is 147 Å². The predicted molar refractivity (Wildman–Crippen MR) is 97.3 cm³/mol. The first-order valence-electron chi connectivity index (χ1n) is 8.51. The molecule has 6 heteroatoms. The maximum absolute atomic E-state index is 13.6. The number of halogens is 1. The molecule has 0 spiro atoms. The lowest BCUT2D eigenvalue weighted by atomic mass is 10.2. The molecule has 1 fully saturated rings. The molecule has 1 saturated heterocycles. The third-order valence-electron chi connectivity index (χ3n) is 4.65. The first kappa shape index (κ1) is 17.4. The Morgan fingerprint density at radius 1 is 1.20 bits per heavy atom. The maximum Gasteiger partial charge on any atom is 0.241 e. The molecule has 25 heavy (non-hydrogen) atoms. The van der Waals surface area contributed by atoms with Crippen LogP contribution < -0.4 is 10.2 Å². The van der Waals surface area contributed by atoms with Crippen LogP contribution in [0.1, 0.15) is 12.5 Å². The van der Waals surface area contributed by atoms with E-state index >= 15 is 0 Å². The molecule has 2 heterocycles. The number of benzene rings is 1. The fourth-order valence-corrected chi connectivity index (χ4v) is 2.96. The van der Waals surface area contributed by atoms with Gasteiger partial charge in [-0.2, -0.15) is 0 Å². The molecule has 1 aromatic heterocycles. The van der Waals surface area contributed by atoms with E-state index in [1.165, 1.54) is 6.07 Å². The smallest absolute Gasteiger partial charge is 0.241 e. The van der Waals surface area contributed by atoms with E-state index < -0.39 is 0 Å². The van der Waals surface area contributed by atoms with E-state index in [1.54, 1.807) is 25.3 Å². The Morgan fingerprint density at radius 3 is 2.60 bits per heavy atom. The molecule has 2 aromatic rings. The Kier molecular flexibility index (Phi) is 5.28. The molecule has 0 radical (unpaired) electrons. The number of rotatable bonds is 4. The number of aryl methyl sites for hydroxylation is 1. The number of nitrogens with zero attached hydrogens (tertiary/aromatic N) is 3. The number of nitrogens with one attached hydrogen (secondary N) is 1. The van der Waals surface area contributed by atoms with Crippen LogP contribution in [0.5, 0.6) is 0 Å². The number of pyridine rings is 1. The molecular formula is C19H23FN4O. The van der Waals surface area contributed by atoms with Crippen molar-refractivity contribution in [3.8, 4) is 0 Å². The molecule has 1 amide bonds. The van der Waals surface area contributed by atoms with E-state index in [2.05, 4.69) is 20.1 Å². The molecule has 1 N–H and O–H groups in total. The highest BCUT2D eigenvalue weighted by molar-refractivity contribution is 5.94. The molecule has 0 bridgehead atoms. The third-order valence-corrected chi connectivity index (χ3v) is 4.65. The Bertz CT molecular complexity index is 729. The van der Waals surface area contributed by atoms with Gasteiger partial charge in [-0.05, 0) is 43.7 Å². The summed E-state index contributed by atoms with van der Waals surface area (Å²) >= 11 is 0. The van der Waals surface area contributed by atoms with Crippen molar-refractivity contribution < 1.29 is 9.18 Å². The van der Waals surface area contributed by atoms with E-state index in [9.17, 15) is 9.18 Å². The fourth-order valence-electron chi connectivity index (χ4n) is 2.96. The summed E-state index contributed by atoms with van der Waals surface area (Å²) < 4.78 is 13.6.